The predicted molar refractivity (Wildman–Crippen MR) is 172 cm³/mol. The summed E-state index contributed by atoms with van der Waals surface area (Å²) in [5.41, 5.74) is 2.80. The molecule has 226 valence electrons. The van der Waals surface area contributed by atoms with Crippen LogP contribution < -0.4 is 0 Å². The first-order chi connectivity index (χ1) is 21.7. The summed E-state index contributed by atoms with van der Waals surface area (Å²) in [5, 5.41) is 2.06. The van der Waals surface area contributed by atoms with E-state index in [1.54, 1.807) is 24.3 Å². The molecule has 9 heteroatoms. The zero-order valence-electron chi connectivity index (χ0n) is 24.9. The zero-order chi connectivity index (χ0) is 31.7. The van der Waals surface area contributed by atoms with Gasteiger partial charge in [0.1, 0.15) is 0 Å². The Morgan fingerprint density at radius 3 is 2.09 bits per heavy atom. The molecule has 1 unspecified atom stereocenters. The van der Waals surface area contributed by atoms with E-state index in [-0.39, 0.29) is 10.5 Å². The van der Waals surface area contributed by atoms with Crippen LogP contribution in [0.3, 0.4) is 0 Å². The van der Waals surface area contributed by atoms with Crippen LogP contribution in [0.15, 0.2) is 138 Å². The lowest BCUT2D eigenvalue weighted by atomic mass is 9.94. The van der Waals surface area contributed by atoms with Crippen LogP contribution in [-0.4, -0.2) is 49.8 Å². The molecule has 0 saturated carbocycles. The third-order valence-electron chi connectivity index (χ3n) is 7.83. The lowest BCUT2D eigenvalue weighted by Crippen LogP contribution is -2.38. The minimum atomic E-state index is -4.46. The van der Waals surface area contributed by atoms with Crippen molar-refractivity contribution in [3.05, 3.63) is 149 Å². The second-order valence-corrected chi connectivity index (χ2v) is 12.4. The molecule has 0 fully saturated rings. The topological polar surface area (TPSA) is 93.2 Å². The number of carbonyl (C=O) groups is 2. The molecule has 0 aromatic heterocycles. The van der Waals surface area contributed by atoms with Crippen molar-refractivity contribution < 1.29 is 27.5 Å². The maximum atomic E-state index is 14.5. The van der Waals surface area contributed by atoms with Crippen LogP contribution >= 0.6 is 0 Å². The summed E-state index contributed by atoms with van der Waals surface area (Å²) >= 11 is 0. The lowest BCUT2D eigenvalue weighted by Gasteiger charge is -2.37. The summed E-state index contributed by atoms with van der Waals surface area (Å²) in [6, 6.07) is 28.5. The number of sulfonamides is 1. The molecule has 4 aromatic carbocycles. The predicted octanol–water partition coefficient (Wildman–Crippen LogP) is 6.03. The summed E-state index contributed by atoms with van der Waals surface area (Å²) in [4.78, 5) is 29.1. The Morgan fingerprint density at radius 1 is 0.733 bits per heavy atom. The van der Waals surface area contributed by atoms with E-state index >= 15 is 0 Å². The van der Waals surface area contributed by atoms with E-state index in [4.69, 9.17) is 9.47 Å². The molecule has 2 heterocycles. The van der Waals surface area contributed by atoms with Crippen molar-refractivity contribution in [3.63, 3.8) is 0 Å². The van der Waals surface area contributed by atoms with E-state index in [9.17, 15) is 18.0 Å². The van der Waals surface area contributed by atoms with Crippen LogP contribution in [0.4, 0.5) is 0 Å². The molecule has 2 aliphatic rings. The van der Waals surface area contributed by atoms with E-state index < -0.39 is 33.7 Å². The van der Waals surface area contributed by atoms with Gasteiger partial charge in [-0.1, -0.05) is 96.6 Å². The molecule has 0 bridgehead atoms. The number of hydrogen-bond acceptors (Lipinski definition) is 7. The number of ether oxygens (including phenoxy) is 2. The van der Waals surface area contributed by atoms with Crippen LogP contribution in [0.25, 0.3) is 22.2 Å². The maximum Gasteiger partial charge on any atom is 0.356 e. The quantitative estimate of drug-likeness (QED) is 0.244. The van der Waals surface area contributed by atoms with Crippen molar-refractivity contribution >= 4 is 44.1 Å². The van der Waals surface area contributed by atoms with Gasteiger partial charge < -0.3 is 14.4 Å². The SMILES string of the molecule is COC(=O)C1=C(C(=O)OC)N(S(=O)(=O)c2ccc(C)cc2)C=C(c2ccccc2)N2C(c3ccc4ccccc4c3)=CC=CC12. The first-order valence-electron chi connectivity index (χ1n) is 14.2. The highest BCUT2D eigenvalue weighted by Gasteiger charge is 2.44. The molecule has 45 heavy (non-hydrogen) atoms. The highest BCUT2D eigenvalue weighted by atomic mass is 32.2. The molecule has 0 aliphatic carbocycles. The van der Waals surface area contributed by atoms with Gasteiger partial charge in [-0.3, -0.25) is 0 Å². The molecule has 4 aromatic rings. The fraction of sp³-hybridized carbons (Fsp3) is 0.111. The van der Waals surface area contributed by atoms with Gasteiger partial charge in [0.15, 0.2) is 5.70 Å². The van der Waals surface area contributed by atoms with Gasteiger partial charge in [-0.25, -0.2) is 22.3 Å². The largest absolute Gasteiger partial charge is 0.466 e. The number of methoxy groups -OCH3 is 2. The molecule has 6 rings (SSSR count). The van der Waals surface area contributed by atoms with Gasteiger partial charge >= 0.3 is 11.9 Å². The Bertz CT molecular complexity index is 2040. The third-order valence-corrected chi connectivity index (χ3v) is 9.51. The van der Waals surface area contributed by atoms with Crippen molar-refractivity contribution in [2.75, 3.05) is 14.2 Å². The molecular weight excluding hydrogens is 588 g/mol. The summed E-state index contributed by atoms with van der Waals surface area (Å²) in [6.07, 6.45) is 6.80. The smallest absolute Gasteiger partial charge is 0.356 e. The van der Waals surface area contributed by atoms with Crippen LogP contribution in [-0.2, 0) is 29.1 Å². The normalized spacial score (nSPS) is 16.5. The minimum absolute atomic E-state index is 0.0666. The Labute approximate surface area is 261 Å². The summed E-state index contributed by atoms with van der Waals surface area (Å²) in [6.45, 7) is 1.84. The van der Waals surface area contributed by atoms with Crippen molar-refractivity contribution in [1.29, 1.82) is 0 Å². The maximum absolute atomic E-state index is 14.5. The van der Waals surface area contributed by atoms with Crippen molar-refractivity contribution in [1.82, 2.24) is 9.21 Å². The second kappa shape index (κ2) is 11.9. The first-order valence-corrected chi connectivity index (χ1v) is 15.6. The Balaban J connectivity index is 1.69. The van der Waals surface area contributed by atoms with Gasteiger partial charge in [-0.2, -0.15) is 0 Å². The first kappa shape index (κ1) is 29.7. The average molecular weight is 619 g/mol. The monoisotopic (exact) mass is 618 g/mol. The van der Waals surface area contributed by atoms with Crippen LogP contribution in [0.2, 0.25) is 0 Å². The highest BCUT2D eigenvalue weighted by molar-refractivity contribution is 7.89. The third kappa shape index (κ3) is 5.32. The lowest BCUT2D eigenvalue weighted by molar-refractivity contribution is -0.140. The van der Waals surface area contributed by atoms with Gasteiger partial charge in [-0.05, 0) is 53.1 Å². The van der Waals surface area contributed by atoms with E-state index in [1.807, 2.05) is 90.7 Å². The number of benzene rings is 4. The molecular formula is C36H30N2O6S. The second-order valence-electron chi connectivity index (χ2n) is 10.6. The average Bonchev–Trinajstić information content (AvgIpc) is 3.23. The molecule has 0 N–H and O–H groups in total. The Kier molecular flexibility index (Phi) is 7.87. The summed E-state index contributed by atoms with van der Waals surface area (Å²) < 4.78 is 40.1. The fourth-order valence-corrected chi connectivity index (χ4v) is 6.97. The van der Waals surface area contributed by atoms with E-state index in [1.165, 1.54) is 25.4 Å². The van der Waals surface area contributed by atoms with E-state index in [0.29, 0.717) is 17.0 Å². The number of carbonyl (C=O) groups excluding carboxylic acids is 2. The number of esters is 2. The van der Waals surface area contributed by atoms with Gasteiger partial charge in [0.05, 0.1) is 36.4 Å². The van der Waals surface area contributed by atoms with Gasteiger partial charge in [-0.15, -0.1) is 0 Å². The standard InChI is InChI=1S/C36H30N2O6S/c1-24-16-20-29(21-17-24)45(41,42)37-23-32(26-11-5-4-6-12-26)38-30(28-19-18-25-10-7-8-13-27(25)22-28)14-9-15-31(38)33(35(39)43-2)34(37)36(40)44-3/h4-23,31H,1-3H3. The molecule has 0 saturated heterocycles. The van der Waals surface area contributed by atoms with Gasteiger partial charge in [0.25, 0.3) is 10.0 Å². The van der Waals surface area contributed by atoms with Crippen molar-refractivity contribution in [3.8, 4) is 0 Å². The molecule has 0 amide bonds. The molecule has 1 atom stereocenters. The number of nitrogens with zero attached hydrogens (tertiary/aromatic N) is 2. The van der Waals surface area contributed by atoms with Crippen LogP contribution in [0.1, 0.15) is 16.7 Å². The number of hydrogen-bond donors (Lipinski definition) is 0. The summed E-state index contributed by atoms with van der Waals surface area (Å²) in [5.74, 6) is -1.88. The van der Waals surface area contributed by atoms with Crippen molar-refractivity contribution in [2.45, 2.75) is 17.9 Å². The van der Waals surface area contributed by atoms with Gasteiger partial charge in [0.2, 0.25) is 0 Å². The zero-order valence-corrected chi connectivity index (χ0v) is 25.7. The fourth-order valence-electron chi connectivity index (χ4n) is 5.61. The molecule has 2 aliphatic heterocycles. The number of rotatable bonds is 6. The van der Waals surface area contributed by atoms with Crippen LogP contribution in [0, 0.1) is 6.92 Å². The number of aryl methyl sites for hydroxylation is 1. The minimum Gasteiger partial charge on any atom is -0.466 e. The van der Waals surface area contributed by atoms with Crippen molar-refractivity contribution in [2.24, 2.45) is 0 Å². The molecule has 8 nitrogen and oxygen atoms in total. The Morgan fingerprint density at radius 2 is 1.40 bits per heavy atom. The van der Waals surface area contributed by atoms with Crippen LogP contribution in [0.5, 0.6) is 0 Å². The number of fused-ring (bicyclic) bond motifs is 2. The molecule has 0 radical (unpaired) electrons. The van der Waals surface area contributed by atoms with Gasteiger partial charge in [0, 0.05) is 11.9 Å². The number of allylic oxidation sites excluding steroid dienone is 2. The Hall–Kier alpha value is -5.41. The van der Waals surface area contributed by atoms with E-state index in [0.717, 1.165) is 33.3 Å². The van der Waals surface area contributed by atoms with E-state index in [2.05, 4.69) is 0 Å². The highest BCUT2D eigenvalue weighted by Crippen LogP contribution is 2.42. The summed E-state index contributed by atoms with van der Waals surface area (Å²) in [7, 11) is -2.12. The molecule has 0 spiro atoms.